The van der Waals surface area contributed by atoms with Gasteiger partial charge in [-0.1, -0.05) is 48.3 Å². The Bertz CT molecular complexity index is 1910. The van der Waals surface area contributed by atoms with Crippen LogP contribution in [0.1, 0.15) is 36.8 Å². The summed E-state index contributed by atoms with van der Waals surface area (Å²) in [4.78, 5) is 42.9. The molecule has 3 heterocycles. The van der Waals surface area contributed by atoms with Gasteiger partial charge in [-0.3, -0.25) is 19.5 Å². The molecule has 2 aromatic carbocycles. The van der Waals surface area contributed by atoms with Gasteiger partial charge < -0.3 is 13.9 Å². The van der Waals surface area contributed by atoms with Gasteiger partial charge in [0.25, 0.3) is 11.2 Å². The largest absolute Gasteiger partial charge is 0.490 e. The van der Waals surface area contributed by atoms with Crippen molar-refractivity contribution in [1.29, 1.82) is 0 Å². The first-order chi connectivity index (χ1) is 20.2. The van der Waals surface area contributed by atoms with Gasteiger partial charge in [-0.15, -0.1) is 0 Å². The molecule has 2 aromatic heterocycles. The molecule has 11 heteroatoms. The summed E-state index contributed by atoms with van der Waals surface area (Å²) in [5, 5.41) is 11.4. The summed E-state index contributed by atoms with van der Waals surface area (Å²) in [6.07, 6.45) is 3.24. The Morgan fingerprint density at radius 1 is 1.19 bits per heavy atom. The molecule has 0 fully saturated rings. The summed E-state index contributed by atoms with van der Waals surface area (Å²) < 4.78 is 18.7. The van der Waals surface area contributed by atoms with Gasteiger partial charge in [-0.05, 0) is 50.6 Å². The highest BCUT2D eigenvalue weighted by Crippen LogP contribution is 2.32. The van der Waals surface area contributed by atoms with Crippen LogP contribution in [0.2, 0.25) is 0 Å². The topological polar surface area (TPSA) is 126 Å². The normalized spacial score (nSPS) is 14.7. The SMILES string of the molecule is C=CCOc1ccc([C@@H]2C(C(=O)OCC)=C(C)N=c3s/c(=C\c4ccc(-c5ccc(C)c([N+](=O)[O-])c5)o4)c(=O)n32)cc1. The maximum Gasteiger partial charge on any atom is 0.338 e. The highest BCUT2D eigenvalue weighted by Gasteiger charge is 2.33. The molecule has 0 bridgehead atoms. The van der Waals surface area contributed by atoms with Gasteiger partial charge in [0.1, 0.15) is 23.9 Å². The number of esters is 1. The molecule has 0 amide bonds. The quantitative estimate of drug-likeness (QED) is 0.119. The van der Waals surface area contributed by atoms with Crippen molar-refractivity contribution in [3.8, 4) is 17.1 Å². The Morgan fingerprint density at radius 3 is 2.64 bits per heavy atom. The van der Waals surface area contributed by atoms with E-state index in [2.05, 4.69) is 11.6 Å². The summed E-state index contributed by atoms with van der Waals surface area (Å²) in [5.41, 5.74) is 2.15. The molecule has 0 saturated carbocycles. The van der Waals surface area contributed by atoms with E-state index in [0.717, 1.165) is 0 Å². The molecule has 10 nitrogen and oxygen atoms in total. The van der Waals surface area contributed by atoms with E-state index in [4.69, 9.17) is 13.9 Å². The predicted octanol–water partition coefficient (Wildman–Crippen LogP) is 4.84. The Balaban J connectivity index is 1.59. The third-order valence-electron chi connectivity index (χ3n) is 6.67. The van der Waals surface area contributed by atoms with E-state index in [1.807, 2.05) is 0 Å². The van der Waals surface area contributed by atoms with Crippen LogP contribution in [0.3, 0.4) is 0 Å². The fourth-order valence-electron chi connectivity index (χ4n) is 4.68. The average Bonchev–Trinajstić information content (AvgIpc) is 3.55. The van der Waals surface area contributed by atoms with Crippen LogP contribution in [0.4, 0.5) is 5.69 Å². The number of thiazole rings is 1. The number of rotatable bonds is 9. The summed E-state index contributed by atoms with van der Waals surface area (Å²) in [7, 11) is 0. The third-order valence-corrected chi connectivity index (χ3v) is 7.65. The number of benzene rings is 2. The van der Waals surface area contributed by atoms with E-state index < -0.39 is 16.9 Å². The number of allylic oxidation sites excluding steroid dienone is 1. The molecule has 214 valence electrons. The summed E-state index contributed by atoms with van der Waals surface area (Å²) in [6, 6.07) is 14.6. The molecule has 42 heavy (non-hydrogen) atoms. The summed E-state index contributed by atoms with van der Waals surface area (Å²) in [5.74, 6) is 0.888. The second kappa shape index (κ2) is 11.8. The van der Waals surface area contributed by atoms with Gasteiger partial charge in [0.2, 0.25) is 0 Å². The number of fused-ring (bicyclic) bond motifs is 1. The van der Waals surface area contributed by atoms with Crippen LogP contribution in [-0.2, 0) is 9.53 Å². The van der Waals surface area contributed by atoms with Gasteiger partial charge in [-0.2, -0.15) is 0 Å². The molecule has 0 saturated heterocycles. The molecule has 1 atom stereocenters. The number of aromatic nitrogens is 1. The second-order valence-corrected chi connectivity index (χ2v) is 10.4. The van der Waals surface area contributed by atoms with Gasteiger partial charge >= 0.3 is 5.97 Å². The molecule has 0 spiro atoms. The Hall–Kier alpha value is -5.03. The number of nitro groups is 1. The minimum absolute atomic E-state index is 0.00756. The third kappa shape index (κ3) is 5.46. The first-order valence-electron chi connectivity index (χ1n) is 13.1. The maximum atomic E-state index is 13.8. The molecule has 0 unspecified atom stereocenters. The van der Waals surface area contributed by atoms with E-state index in [1.165, 1.54) is 22.0 Å². The molecule has 1 aliphatic rings. The first kappa shape index (κ1) is 28.5. The number of ether oxygens (including phenoxy) is 2. The predicted molar refractivity (Wildman–Crippen MR) is 158 cm³/mol. The van der Waals surface area contributed by atoms with Crippen molar-refractivity contribution in [2.75, 3.05) is 13.2 Å². The van der Waals surface area contributed by atoms with E-state index >= 15 is 0 Å². The lowest BCUT2D eigenvalue weighted by molar-refractivity contribution is -0.385. The van der Waals surface area contributed by atoms with Crippen LogP contribution in [0.5, 0.6) is 5.75 Å². The molecule has 1 aliphatic heterocycles. The highest BCUT2D eigenvalue weighted by atomic mass is 32.1. The fourth-order valence-corrected chi connectivity index (χ4v) is 5.71. The van der Waals surface area contributed by atoms with Crippen molar-refractivity contribution in [2.24, 2.45) is 4.99 Å². The smallest absolute Gasteiger partial charge is 0.338 e. The first-order valence-corrected chi connectivity index (χ1v) is 13.9. The molecule has 0 N–H and O–H groups in total. The lowest BCUT2D eigenvalue weighted by Gasteiger charge is -2.24. The number of aryl methyl sites for hydroxylation is 1. The fraction of sp³-hybridized carbons (Fsp3) is 0.194. The number of carbonyl (C=O) groups excluding carboxylic acids is 1. The van der Waals surface area contributed by atoms with Crippen LogP contribution >= 0.6 is 11.3 Å². The number of carbonyl (C=O) groups is 1. The van der Waals surface area contributed by atoms with Crippen LogP contribution in [0.15, 0.2) is 92.7 Å². The monoisotopic (exact) mass is 585 g/mol. The number of hydrogen-bond acceptors (Lipinski definition) is 9. The second-order valence-electron chi connectivity index (χ2n) is 9.43. The minimum atomic E-state index is -0.767. The number of nitro benzene ring substituents is 1. The van der Waals surface area contributed by atoms with Crippen LogP contribution in [0, 0.1) is 17.0 Å². The van der Waals surface area contributed by atoms with Crippen molar-refractivity contribution in [3.05, 3.63) is 125 Å². The molecule has 0 radical (unpaired) electrons. The maximum absolute atomic E-state index is 13.8. The van der Waals surface area contributed by atoms with Crippen LogP contribution < -0.4 is 19.6 Å². The molecular formula is C31H27N3O7S. The number of hydrogen-bond donors (Lipinski definition) is 0. The zero-order valence-corrected chi connectivity index (χ0v) is 24.0. The van der Waals surface area contributed by atoms with Crippen molar-refractivity contribution in [3.63, 3.8) is 0 Å². The van der Waals surface area contributed by atoms with E-state index in [1.54, 1.807) is 81.5 Å². The Labute approximate surface area is 244 Å². The molecule has 4 aromatic rings. The van der Waals surface area contributed by atoms with E-state index in [9.17, 15) is 19.7 Å². The zero-order valence-electron chi connectivity index (χ0n) is 23.2. The number of nitrogens with zero attached hydrogens (tertiary/aromatic N) is 3. The number of furan rings is 1. The van der Waals surface area contributed by atoms with Gasteiger partial charge in [0.05, 0.1) is 33.4 Å². The highest BCUT2D eigenvalue weighted by molar-refractivity contribution is 7.07. The molecule has 5 rings (SSSR count). The average molecular weight is 586 g/mol. The summed E-state index contributed by atoms with van der Waals surface area (Å²) >= 11 is 1.17. The van der Waals surface area contributed by atoms with Crippen molar-refractivity contribution >= 4 is 29.1 Å². The van der Waals surface area contributed by atoms with Crippen molar-refractivity contribution in [2.45, 2.75) is 26.8 Å². The van der Waals surface area contributed by atoms with Crippen molar-refractivity contribution < 1.29 is 23.6 Å². The Kier molecular flexibility index (Phi) is 8.03. The van der Waals surface area contributed by atoms with E-state index in [0.29, 0.717) is 55.6 Å². The zero-order chi connectivity index (χ0) is 30.0. The van der Waals surface area contributed by atoms with Crippen LogP contribution in [0.25, 0.3) is 17.4 Å². The minimum Gasteiger partial charge on any atom is -0.490 e. The van der Waals surface area contributed by atoms with Gasteiger partial charge in [0, 0.05) is 23.3 Å². The van der Waals surface area contributed by atoms with Crippen LogP contribution in [-0.4, -0.2) is 28.7 Å². The van der Waals surface area contributed by atoms with Crippen molar-refractivity contribution in [1.82, 2.24) is 4.57 Å². The lowest BCUT2D eigenvalue weighted by Crippen LogP contribution is -2.39. The van der Waals surface area contributed by atoms with E-state index in [-0.39, 0.29) is 23.4 Å². The molecule has 0 aliphatic carbocycles. The standard InChI is InChI=1S/C31H27N3O7S/c1-5-15-40-22-11-9-20(10-12-22)28-27(30(36)39-6-2)19(4)32-31-33(28)29(35)26(42-31)17-23-13-14-25(41-23)21-8-7-18(3)24(16-21)34(37)38/h5,7-14,16-17,28H,1,6,15H2,2-4H3/b26-17-/t28-/m1/s1. The molecular weight excluding hydrogens is 558 g/mol. The summed E-state index contributed by atoms with van der Waals surface area (Å²) in [6.45, 7) is 9.28. The Morgan fingerprint density at radius 2 is 1.95 bits per heavy atom. The lowest BCUT2D eigenvalue weighted by atomic mass is 9.96. The van der Waals surface area contributed by atoms with Gasteiger partial charge in [-0.25, -0.2) is 9.79 Å². The van der Waals surface area contributed by atoms with Gasteiger partial charge in [0.15, 0.2) is 4.80 Å².